The van der Waals surface area contributed by atoms with Crippen molar-refractivity contribution in [2.75, 3.05) is 32.5 Å². The fourth-order valence-corrected chi connectivity index (χ4v) is 7.90. The molecular formula is C33H42N8O4. The number of rotatable bonds is 5. The molecule has 238 valence electrons. The maximum Gasteiger partial charge on any atom is 0.410 e. The number of hydrogen-bond acceptors (Lipinski definition) is 8. The Morgan fingerprint density at radius 3 is 2.33 bits per heavy atom. The van der Waals surface area contributed by atoms with E-state index < -0.39 is 5.60 Å². The number of fused-ring (bicyclic) bond motifs is 5. The number of nitrogens with one attached hydrogen (secondary N) is 1. The molecule has 4 aliphatic rings. The van der Waals surface area contributed by atoms with Crippen molar-refractivity contribution < 1.29 is 19.1 Å². The summed E-state index contributed by atoms with van der Waals surface area (Å²) in [4.78, 5) is 58.6. The van der Waals surface area contributed by atoms with E-state index in [2.05, 4.69) is 19.9 Å². The number of ether oxygens (including phenoxy) is 1. The summed E-state index contributed by atoms with van der Waals surface area (Å²) >= 11 is 0. The van der Waals surface area contributed by atoms with Crippen LogP contribution in [0.2, 0.25) is 0 Å². The maximum absolute atomic E-state index is 13.4. The Morgan fingerprint density at radius 2 is 1.73 bits per heavy atom. The third-order valence-corrected chi connectivity index (χ3v) is 9.86. The molecule has 2 unspecified atom stereocenters. The molecule has 2 aliphatic carbocycles. The van der Waals surface area contributed by atoms with Crippen LogP contribution in [0.15, 0.2) is 30.6 Å². The molecule has 5 atom stereocenters. The van der Waals surface area contributed by atoms with Gasteiger partial charge in [0, 0.05) is 51.0 Å². The summed E-state index contributed by atoms with van der Waals surface area (Å²) in [6.45, 7) is 6.55. The second-order valence-electron chi connectivity index (χ2n) is 14.4. The number of pyridine rings is 1. The van der Waals surface area contributed by atoms with Crippen molar-refractivity contribution >= 4 is 40.7 Å². The van der Waals surface area contributed by atoms with Crippen LogP contribution in [0.3, 0.4) is 0 Å². The van der Waals surface area contributed by atoms with E-state index in [1.54, 1.807) is 43.5 Å². The number of piperazine rings is 1. The minimum atomic E-state index is -0.560. The van der Waals surface area contributed by atoms with Gasteiger partial charge >= 0.3 is 6.09 Å². The Hall–Kier alpha value is -4.22. The van der Waals surface area contributed by atoms with Gasteiger partial charge in [-0.2, -0.15) is 4.98 Å². The van der Waals surface area contributed by atoms with Gasteiger partial charge in [0.05, 0.1) is 17.6 Å². The molecule has 2 aliphatic heterocycles. The van der Waals surface area contributed by atoms with E-state index in [9.17, 15) is 14.4 Å². The van der Waals surface area contributed by atoms with Crippen LogP contribution in [0, 0.1) is 11.8 Å². The van der Waals surface area contributed by atoms with Gasteiger partial charge in [-0.15, -0.1) is 0 Å². The van der Waals surface area contributed by atoms with Crippen LogP contribution >= 0.6 is 0 Å². The molecule has 7 rings (SSSR count). The van der Waals surface area contributed by atoms with Crippen molar-refractivity contribution in [3.8, 4) is 0 Å². The van der Waals surface area contributed by atoms with Crippen LogP contribution in [0.5, 0.6) is 0 Å². The minimum Gasteiger partial charge on any atom is -0.444 e. The van der Waals surface area contributed by atoms with Gasteiger partial charge in [0.1, 0.15) is 22.8 Å². The van der Waals surface area contributed by atoms with Crippen molar-refractivity contribution in [1.82, 2.24) is 34.2 Å². The van der Waals surface area contributed by atoms with Gasteiger partial charge in [0.25, 0.3) is 11.8 Å². The van der Waals surface area contributed by atoms with Crippen molar-refractivity contribution in [2.45, 2.75) is 83.0 Å². The number of nitrogens with zero attached hydrogens (tertiary/aromatic N) is 7. The number of aromatic nitrogens is 4. The molecule has 45 heavy (non-hydrogen) atoms. The number of anilines is 2. The van der Waals surface area contributed by atoms with E-state index in [1.807, 2.05) is 36.6 Å². The molecular weight excluding hydrogens is 572 g/mol. The molecule has 2 saturated heterocycles. The van der Waals surface area contributed by atoms with Gasteiger partial charge in [-0.25, -0.2) is 14.8 Å². The van der Waals surface area contributed by atoms with E-state index in [0.29, 0.717) is 47.9 Å². The first kappa shape index (κ1) is 29.5. The second kappa shape index (κ2) is 11.0. The molecule has 5 heterocycles. The Kier molecular flexibility index (Phi) is 7.20. The largest absolute Gasteiger partial charge is 0.444 e. The zero-order valence-corrected chi connectivity index (χ0v) is 26.7. The normalized spacial score (nSPS) is 25.6. The smallest absolute Gasteiger partial charge is 0.410 e. The quantitative estimate of drug-likeness (QED) is 0.432. The average Bonchev–Trinajstić information content (AvgIpc) is 3.77. The Balaban J connectivity index is 1.07. The van der Waals surface area contributed by atoms with E-state index in [1.165, 1.54) is 19.3 Å². The van der Waals surface area contributed by atoms with Crippen molar-refractivity contribution in [2.24, 2.45) is 11.8 Å². The minimum absolute atomic E-state index is 0.0357. The molecule has 0 spiro atoms. The first-order chi connectivity index (χ1) is 21.4. The SMILES string of the molecule is CN(C)C(=O)c1cc2cnc(Nc3ccc(C(=O)N4CC5CCC(C4)N5C(=O)OC(C)(C)C)cn3)nc2n1[C@H]1C[C@@H]2CC[C@H]1C2. The van der Waals surface area contributed by atoms with Crippen LogP contribution < -0.4 is 5.32 Å². The van der Waals surface area contributed by atoms with Crippen LogP contribution in [0.4, 0.5) is 16.6 Å². The summed E-state index contributed by atoms with van der Waals surface area (Å²) < 4.78 is 7.78. The van der Waals surface area contributed by atoms with Gasteiger partial charge < -0.3 is 24.4 Å². The Morgan fingerprint density at radius 1 is 0.978 bits per heavy atom. The predicted molar refractivity (Wildman–Crippen MR) is 168 cm³/mol. The molecule has 3 amide bonds. The van der Waals surface area contributed by atoms with Crippen molar-refractivity contribution in [1.29, 1.82) is 0 Å². The Labute approximate surface area is 263 Å². The highest BCUT2D eigenvalue weighted by atomic mass is 16.6. The summed E-state index contributed by atoms with van der Waals surface area (Å²) in [5.74, 6) is 2.04. The third kappa shape index (κ3) is 5.48. The molecule has 2 saturated carbocycles. The van der Waals surface area contributed by atoms with Gasteiger partial charge in [-0.3, -0.25) is 14.5 Å². The molecule has 0 aromatic carbocycles. The molecule has 12 nitrogen and oxygen atoms in total. The second-order valence-corrected chi connectivity index (χ2v) is 14.4. The highest BCUT2D eigenvalue weighted by molar-refractivity contribution is 5.98. The molecule has 4 bridgehead atoms. The number of likely N-dealkylation sites (tertiary alicyclic amines) is 1. The van der Waals surface area contributed by atoms with E-state index in [0.717, 1.165) is 30.3 Å². The maximum atomic E-state index is 13.4. The summed E-state index contributed by atoms with van der Waals surface area (Å²) in [7, 11) is 3.55. The monoisotopic (exact) mass is 614 g/mol. The highest BCUT2D eigenvalue weighted by Crippen LogP contribution is 2.52. The van der Waals surface area contributed by atoms with Gasteiger partial charge in [-0.1, -0.05) is 6.42 Å². The summed E-state index contributed by atoms with van der Waals surface area (Å²) in [5, 5.41) is 4.03. The number of carbonyl (C=O) groups excluding carboxylic acids is 3. The van der Waals surface area contributed by atoms with E-state index >= 15 is 0 Å². The average molecular weight is 615 g/mol. The molecule has 4 fully saturated rings. The fourth-order valence-electron chi connectivity index (χ4n) is 7.90. The van der Waals surface area contributed by atoms with E-state index in [4.69, 9.17) is 9.72 Å². The van der Waals surface area contributed by atoms with Gasteiger partial charge in [-0.05, 0) is 82.9 Å². The van der Waals surface area contributed by atoms with Crippen LogP contribution in [0.1, 0.15) is 86.2 Å². The standard InChI is InChI=1S/C33H42N8O4/c1-33(2,3)45-32(44)40-23-9-10-24(40)18-39(17-23)29(42)21-8-11-27(34-15-21)36-31-35-16-22-14-26(30(43)38(4)5)41(28(22)37-31)25-13-19-6-7-20(25)12-19/h8,11,14-16,19-20,23-25H,6-7,9-10,12-13,17-18H2,1-5H3,(H,34,35,36,37)/t19-,20+,23?,24?,25+/m1/s1. The molecule has 12 heteroatoms. The fraction of sp³-hybridized carbons (Fsp3) is 0.576. The summed E-state index contributed by atoms with van der Waals surface area (Å²) in [5.41, 5.74) is 1.33. The summed E-state index contributed by atoms with van der Waals surface area (Å²) in [6, 6.07) is 5.58. The zero-order chi connectivity index (χ0) is 31.6. The van der Waals surface area contributed by atoms with Crippen LogP contribution in [-0.4, -0.2) is 97.0 Å². The lowest BCUT2D eigenvalue weighted by Crippen LogP contribution is -2.57. The molecule has 1 N–H and O–H groups in total. The first-order valence-electron chi connectivity index (χ1n) is 16.1. The topological polar surface area (TPSA) is 126 Å². The van der Waals surface area contributed by atoms with Crippen LogP contribution in [0.25, 0.3) is 11.0 Å². The molecule has 3 aromatic rings. The predicted octanol–water partition coefficient (Wildman–Crippen LogP) is 4.86. The molecule has 3 aromatic heterocycles. The van der Waals surface area contributed by atoms with Crippen molar-refractivity contribution in [3.63, 3.8) is 0 Å². The Bertz CT molecular complexity index is 1630. The number of hydrogen-bond donors (Lipinski definition) is 1. The summed E-state index contributed by atoms with van der Waals surface area (Å²) in [6.07, 6.45) is 9.48. The van der Waals surface area contributed by atoms with Crippen LogP contribution in [-0.2, 0) is 4.74 Å². The van der Waals surface area contributed by atoms with Gasteiger partial charge in [0.15, 0.2) is 0 Å². The molecule has 0 radical (unpaired) electrons. The number of amides is 3. The van der Waals surface area contributed by atoms with E-state index in [-0.39, 0.29) is 36.0 Å². The highest BCUT2D eigenvalue weighted by Gasteiger charge is 2.46. The third-order valence-electron chi connectivity index (χ3n) is 9.86. The zero-order valence-electron chi connectivity index (χ0n) is 26.7. The lowest BCUT2D eigenvalue weighted by Gasteiger charge is -2.41. The van der Waals surface area contributed by atoms with Gasteiger partial charge in [0.2, 0.25) is 5.95 Å². The number of carbonyl (C=O) groups is 3. The first-order valence-corrected chi connectivity index (χ1v) is 16.1. The lowest BCUT2D eigenvalue weighted by molar-refractivity contribution is -0.00336. The lowest BCUT2D eigenvalue weighted by atomic mass is 9.95. The van der Waals surface area contributed by atoms with Crippen molar-refractivity contribution in [3.05, 3.63) is 41.9 Å².